The van der Waals surface area contributed by atoms with E-state index in [0.29, 0.717) is 19.3 Å². The molecule has 0 spiro atoms. The van der Waals surface area contributed by atoms with Gasteiger partial charge in [0.25, 0.3) is 0 Å². The lowest BCUT2D eigenvalue weighted by Crippen LogP contribution is -2.30. The zero-order valence-electron chi connectivity index (χ0n) is 38.3. The smallest absolute Gasteiger partial charge is 0.306 e. The van der Waals surface area contributed by atoms with Crippen LogP contribution in [0.1, 0.15) is 245 Å². The summed E-state index contributed by atoms with van der Waals surface area (Å²) in [5, 5.41) is 0. The van der Waals surface area contributed by atoms with Gasteiger partial charge < -0.3 is 14.2 Å². The van der Waals surface area contributed by atoms with Gasteiger partial charge in [-0.1, -0.05) is 198 Å². The summed E-state index contributed by atoms with van der Waals surface area (Å²) in [5.74, 6) is -0.934. The molecule has 0 heterocycles. The van der Waals surface area contributed by atoms with E-state index in [1.807, 2.05) is 0 Å². The Balaban J connectivity index is 4.38. The lowest BCUT2D eigenvalue weighted by Gasteiger charge is -2.18. The molecule has 1 unspecified atom stereocenters. The van der Waals surface area contributed by atoms with Crippen molar-refractivity contribution in [1.82, 2.24) is 0 Å². The Hall–Kier alpha value is -2.63. The van der Waals surface area contributed by atoms with Crippen LogP contribution in [0.15, 0.2) is 48.6 Å². The van der Waals surface area contributed by atoms with Gasteiger partial charge in [0.1, 0.15) is 13.2 Å². The molecule has 0 aliphatic carbocycles. The molecule has 1 atom stereocenters. The fraction of sp³-hybridized carbons (Fsp3) is 0.788. The largest absolute Gasteiger partial charge is 0.462 e. The van der Waals surface area contributed by atoms with E-state index >= 15 is 0 Å². The van der Waals surface area contributed by atoms with E-state index in [4.69, 9.17) is 14.2 Å². The van der Waals surface area contributed by atoms with Crippen LogP contribution in [0.5, 0.6) is 0 Å². The maximum atomic E-state index is 12.7. The molecule has 0 aliphatic heterocycles. The predicted molar refractivity (Wildman–Crippen MR) is 247 cm³/mol. The molecule has 0 aliphatic rings. The number of hydrogen-bond acceptors (Lipinski definition) is 6. The first-order chi connectivity index (χ1) is 28.5. The third-order valence-electron chi connectivity index (χ3n) is 10.6. The van der Waals surface area contributed by atoms with Crippen molar-refractivity contribution in [3.63, 3.8) is 0 Å². The van der Waals surface area contributed by atoms with E-state index in [0.717, 1.165) is 77.0 Å². The van der Waals surface area contributed by atoms with E-state index in [2.05, 4.69) is 69.4 Å². The molecule has 0 aromatic carbocycles. The molecular formula is C52H92O6. The minimum atomic E-state index is -0.792. The number of unbranched alkanes of at least 4 members (excludes halogenated alkanes) is 25. The van der Waals surface area contributed by atoms with Crippen molar-refractivity contribution >= 4 is 17.9 Å². The molecule has 336 valence electrons. The number of ether oxygens (including phenoxy) is 3. The van der Waals surface area contributed by atoms with E-state index < -0.39 is 6.10 Å². The molecule has 0 fully saturated rings. The molecule has 0 bridgehead atoms. The second-order valence-electron chi connectivity index (χ2n) is 16.3. The summed E-state index contributed by atoms with van der Waals surface area (Å²) in [7, 11) is 0. The maximum absolute atomic E-state index is 12.7. The summed E-state index contributed by atoms with van der Waals surface area (Å²) in [4.78, 5) is 37.8. The zero-order chi connectivity index (χ0) is 42.3. The summed E-state index contributed by atoms with van der Waals surface area (Å²) in [5.41, 5.74) is 0. The van der Waals surface area contributed by atoms with Gasteiger partial charge in [-0.15, -0.1) is 0 Å². The van der Waals surface area contributed by atoms with Crippen molar-refractivity contribution < 1.29 is 28.6 Å². The Morgan fingerprint density at radius 1 is 0.362 bits per heavy atom. The van der Waals surface area contributed by atoms with Crippen LogP contribution >= 0.6 is 0 Å². The quantitative estimate of drug-likeness (QED) is 0.0264. The number of carbonyl (C=O) groups is 3. The van der Waals surface area contributed by atoms with Crippen molar-refractivity contribution in [2.75, 3.05) is 13.2 Å². The van der Waals surface area contributed by atoms with Crippen LogP contribution in [0.4, 0.5) is 0 Å². The monoisotopic (exact) mass is 813 g/mol. The molecular weight excluding hydrogens is 721 g/mol. The minimum absolute atomic E-state index is 0.0890. The summed E-state index contributed by atoms with van der Waals surface area (Å²) >= 11 is 0. The number of hydrogen-bond donors (Lipinski definition) is 0. The van der Waals surface area contributed by atoms with Crippen molar-refractivity contribution in [2.45, 2.75) is 252 Å². The summed E-state index contributed by atoms with van der Waals surface area (Å²) in [6, 6.07) is 0. The topological polar surface area (TPSA) is 78.9 Å². The fourth-order valence-electron chi connectivity index (χ4n) is 6.86. The Kier molecular flexibility index (Phi) is 44.9. The number of carbonyl (C=O) groups excluding carboxylic acids is 3. The number of rotatable bonds is 44. The van der Waals surface area contributed by atoms with Crippen LogP contribution in [0.25, 0.3) is 0 Å². The van der Waals surface area contributed by atoms with Gasteiger partial charge >= 0.3 is 17.9 Å². The van der Waals surface area contributed by atoms with Gasteiger partial charge in [0.2, 0.25) is 0 Å². The van der Waals surface area contributed by atoms with Gasteiger partial charge in [-0.3, -0.25) is 14.4 Å². The Bertz CT molecular complexity index is 1030. The van der Waals surface area contributed by atoms with Crippen LogP contribution in [0, 0.1) is 0 Å². The molecule has 6 heteroatoms. The average Bonchev–Trinajstić information content (AvgIpc) is 3.22. The van der Waals surface area contributed by atoms with E-state index in [1.165, 1.54) is 122 Å². The predicted octanol–water partition coefficient (Wildman–Crippen LogP) is 15.9. The highest BCUT2D eigenvalue weighted by atomic mass is 16.6. The van der Waals surface area contributed by atoms with Gasteiger partial charge in [0.05, 0.1) is 0 Å². The van der Waals surface area contributed by atoms with Crippen LogP contribution in [-0.2, 0) is 28.6 Å². The second-order valence-corrected chi connectivity index (χ2v) is 16.3. The number of allylic oxidation sites excluding steroid dienone is 8. The van der Waals surface area contributed by atoms with Gasteiger partial charge in [-0.25, -0.2) is 0 Å². The molecule has 58 heavy (non-hydrogen) atoms. The van der Waals surface area contributed by atoms with Crippen LogP contribution in [-0.4, -0.2) is 37.2 Å². The van der Waals surface area contributed by atoms with Crippen LogP contribution in [0.3, 0.4) is 0 Å². The highest BCUT2D eigenvalue weighted by molar-refractivity contribution is 5.71. The summed E-state index contributed by atoms with van der Waals surface area (Å²) in [6.07, 6.45) is 55.3. The standard InChI is InChI=1S/C52H92O6/c1-4-7-10-13-16-19-22-25-26-27-28-31-33-36-39-42-45-51(54)57-48-49(58-52(55)46-43-40-37-34-30-24-21-18-15-12-9-6-3)47-56-50(53)44-41-38-35-32-29-23-20-17-14-11-8-5-2/h9,12,17-18,20-21,30,34,49H,4-8,10-11,13-16,19,22-29,31-33,35-48H2,1-3H3/b12-9-,20-17-,21-18-,34-30-. The SMILES string of the molecule is CC/C=C\C/C=C\C/C=C\CCCCC(=O)OC(COC(=O)CCCCCCC/C=C\CCCCC)COC(=O)CCCCCCCCCCCCCCCCCC. The molecule has 0 saturated heterocycles. The zero-order valence-corrected chi connectivity index (χ0v) is 38.3. The van der Waals surface area contributed by atoms with Crippen LogP contribution < -0.4 is 0 Å². The first-order valence-electron chi connectivity index (χ1n) is 24.6. The van der Waals surface area contributed by atoms with Crippen molar-refractivity contribution in [3.05, 3.63) is 48.6 Å². The normalized spacial score (nSPS) is 12.4. The van der Waals surface area contributed by atoms with Crippen molar-refractivity contribution in [2.24, 2.45) is 0 Å². The van der Waals surface area contributed by atoms with Crippen LogP contribution in [0.2, 0.25) is 0 Å². The first kappa shape index (κ1) is 55.4. The highest BCUT2D eigenvalue weighted by Crippen LogP contribution is 2.15. The molecule has 0 N–H and O–H groups in total. The Labute approximate surface area is 358 Å². The van der Waals surface area contributed by atoms with Gasteiger partial charge in [0.15, 0.2) is 6.10 Å². The lowest BCUT2D eigenvalue weighted by atomic mass is 10.0. The molecule has 0 rings (SSSR count). The van der Waals surface area contributed by atoms with E-state index in [9.17, 15) is 14.4 Å². The van der Waals surface area contributed by atoms with E-state index in [1.54, 1.807) is 0 Å². The molecule has 6 nitrogen and oxygen atoms in total. The number of esters is 3. The molecule has 0 radical (unpaired) electrons. The second kappa shape index (κ2) is 47.1. The lowest BCUT2D eigenvalue weighted by molar-refractivity contribution is -0.167. The summed E-state index contributed by atoms with van der Waals surface area (Å²) in [6.45, 7) is 6.46. The van der Waals surface area contributed by atoms with Gasteiger partial charge in [-0.2, -0.15) is 0 Å². The van der Waals surface area contributed by atoms with E-state index in [-0.39, 0.29) is 37.5 Å². The molecule has 0 aromatic rings. The molecule has 0 saturated carbocycles. The van der Waals surface area contributed by atoms with Gasteiger partial charge in [-0.05, 0) is 77.0 Å². The highest BCUT2D eigenvalue weighted by Gasteiger charge is 2.19. The third-order valence-corrected chi connectivity index (χ3v) is 10.6. The third kappa shape index (κ3) is 44.5. The Morgan fingerprint density at radius 2 is 0.672 bits per heavy atom. The van der Waals surface area contributed by atoms with Gasteiger partial charge in [0, 0.05) is 19.3 Å². The molecule has 0 aromatic heterocycles. The fourth-order valence-corrected chi connectivity index (χ4v) is 6.86. The van der Waals surface area contributed by atoms with Crippen molar-refractivity contribution in [1.29, 1.82) is 0 Å². The average molecular weight is 813 g/mol. The Morgan fingerprint density at radius 3 is 1.14 bits per heavy atom. The minimum Gasteiger partial charge on any atom is -0.462 e. The first-order valence-corrected chi connectivity index (χ1v) is 24.6. The summed E-state index contributed by atoms with van der Waals surface area (Å²) < 4.78 is 16.7. The van der Waals surface area contributed by atoms with Crippen molar-refractivity contribution in [3.8, 4) is 0 Å². The maximum Gasteiger partial charge on any atom is 0.306 e. The molecule has 0 amide bonds.